The van der Waals surface area contributed by atoms with Crippen molar-refractivity contribution in [3.05, 3.63) is 39.9 Å². The molecule has 0 aliphatic heterocycles. The number of amides is 1. The molecule has 1 aromatic carbocycles. The number of halogens is 2. The van der Waals surface area contributed by atoms with Crippen molar-refractivity contribution in [2.75, 3.05) is 6.54 Å². The molecular formula is C15H19Cl2NO. The molecule has 0 fully saturated rings. The number of carbonyl (C=O) groups is 1. The average molecular weight is 300 g/mol. The van der Waals surface area contributed by atoms with Crippen LogP contribution in [0.2, 0.25) is 10.0 Å². The lowest BCUT2D eigenvalue weighted by molar-refractivity contribution is -0.116. The summed E-state index contributed by atoms with van der Waals surface area (Å²) in [5.41, 5.74) is 0.670. The van der Waals surface area contributed by atoms with Gasteiger partial charge in [-0.25, -0.2) is 0 Å². The van der Waals surface area contributed by atoms with Gasteiger partial charge in [0.05, 0.1) is 0 Å². The fourth-order valence-electron chi connectivity index (χ4n) is 1.71. The van der Waals surface area contributed by atoms with E-state index >= 15 is 0 Å². The number of hydrogen-bond donors (Lipinski definition) is 1. The minimum absolute atomic E-state index is 0.122. The van der Waals surface area contributed by atoms with E-state index in [9.17, 15) is 4.79 Å². The van der Waals surface area contributed by atoms with Gasteiger partial charge < -0.3 is 5.32 Å². The van der Waals surface area contributed by atoms with Gasteiger partial charge in [0.15, 0.2) is 0 Å². The molecule has 0 saturated heterocycles. The van der Waals surface area contributed by atoms with Crippen LogP contribution in [0.25, 0.3) is 6.08 Å². The van der Waals surface area contributed by atoms with E-state index in [1.54, 1.807) is 24.3 Å². The number of nitrogens with one attached hydrogen (secondary N) is 1. The van der Waals surface area contributed by atoms with Gasteiger partial charge in [0.1, 0.15) is 0 Å². The van der Waals surface area contributed by atoms with E-state index in [0.29, 0.717) is 28.1 Å². The van der Waals surface area contributed by atoms with E-state index in [4.69, 9.17) is 23.2 Å². The summed E-state index contributed by atoms with van der Waals surface area (Å²) in [4.78, 5) is 11.7. The van der Waals surface area contributed by atoms with Crippen molar-refractivity contribution in [3.63, 3.8) is 0 Å². The van der Waals surface area contributed by atoms with Crippen LogP contribution in [-0.2, 0) is 4.79 Å². The van der Waals surface area contributed by atoms with Gasteiger partial charge in [-0.15, -0.1) is 0 Å². The second-order valence-electron chi connectivity index (χ2n) is 4.40. The van der Waals surface area contributed by atoms with Crippen LogP contribution in [0.15, 0.2) is 24.3 Å². The zero-order valence-corrected chi connectivity index (χ0v) is 12.8. The predicted molar refractivity (Wildman–Crippen MR) is 82.6 cm³/mol. The molecule has 4 heteroatoms. The largest absolute Gasteiger partial charge is 0.352 e. The number of hydrogen-bond acceptors (Lipinski definition) is 1. The van der Waals surface area contributed by atoms with Gasteiger partial charge in [0, 0.05) is 28.2 Å². The van der Waals surface area contributed by atoms with Crippen molar-refractivity contribution < 1.29 is 4.79 Å². The minimum Gasteiger partial charge on any atom is -0.352 e. The Balaban J connectivity index is 2.59. The predicted octanol–water partition coefficient (Wildman–Crippen LogP) is 4.56. The highest BCUT2D eigenvalue weighted by atomic mass is 35.5. The maximum Gasteiger partial charge on any atom is 0.244 e. The summed E-state index contributed by atoms with van der Waals surface area (Å²) in [5, 5.41) is 3.96. The van der Waals surface area contributed by atoms with Gasteiger partial charge in [-0.05, 0) is 24.1 Å². The summed E-state index contributed by atoms with van der Waals surface area (Å²) in [6, 6.07) is 5.26. The van der Waals surface area contributed by atoms with Gasteiger partial charge in [-0.3, -0.25) is 4.79 Å². The van der Waals surface area contributed by atoms with Crippen LogP contribution < -0.4 is 5.32 Å². The Labute approximate surface area is 124 Å². The quantitative estimate of drug-likeness (QED) is 0.767. The zero-order valence-electron chi connectivity index (χ0n) is 11.2. The third-order valence-corrected chi connectivity index (χ3v) is 3.78. The molecule has 1 N–H and O–H groups in total. The standard InChI is InChI=1S/C15H19Cl2NO/c1-3-11(4-2)10-18-15(19)9-8-12-13(16)6-5-7-14(12)17/h5-9,11H,3-4,10H2,1-2H3,(H,18,19)/b9-8+. The van der Waals surface area contributed by atoms with Gasteiger partial charge in [0.2, 0.25) is 5.91 Å². The van der Waals surface area contributed by atoms with E-state index < -0.39 is 0 Å². The minimum atomic E-state index is -0.122. The van der Waals surface area contributed by atoms with Gasteiger partial charge in [-0.2, -0.15) is 0 Å². The van der Waals surface area contributed by atoms with Crippen LogP contribution in [0.1, 0.15) is 32.3 Å². The first-order chi connectivity index (χ1) is 9.08. The topological polar surface area (TPSA) is 29.1 Å². The Bertz CT molecular complexity index is 433. The highest BCUT2D eigenvalue weighted by Crippen LogP contribution is 2.25. The van der Waals surface area contributed by atoms with Crippen molar-refractivity contribution in [2.24, 2.45) is 5.92 Å². The van der Waals surface area contributed by atoms with Crippen LogP contribution in [0.4, 0.5) is 0 Å². The molecule has 0 aromatic heterocycles. The summed E-state index contributed by atoms with van der Waals surface area (Å²) in [6.45, 7) is 4.95. The fourth-order valence-corrected chi connectivity index (χ4v) is 2.23. The SMILES string of the molecule is CCC(CC)CNC(=O)/C=C/c1c(Cl)cccc1Cl. The molecule has 19 heavy (non-hydrogen) atoms. The summed E-state index contributed by atoms with van der Waals surface area (Å²) in [6.07, 6.45) is 5.25. The Morgan fingerprint density at radius 3 is 2.37 bits per heavy atom. The molecule has 0 aliphatic carbocycles. The molecule has 0 radical (unpaired) electrons. The zero-order chi connectivity index (χ0) is 14.3. The number of benzene rings is 1. The van der Waals surface area contributed by atoms with E-state index in [2.05, 4.69) is 19.2 Å². The van der Waals surface area contributed by atoms with Gasteiger partial charge in [0.25, 0.3) is 0 Å². The molecule has 0 spiro atoms. The highest BCUT2D eigenvalue weighted by Gasteiger charge is 2.05. The molecule has 1 rings (SSSR count). The van der Waals surface area contributed by atoms with Crippen molar-refractivity contribution in [2.45, 2.75) is 26.7 Å². The second kappa shape index (κ2) is 8.23. The fraction of sp³-hybridized carbons (Fsp3) is 0.400. The summed E-state index contributed by atoms with van der Waals surface area (Å²) in [7, 11) is 0. The average Bonchev–Trinajstić information content (AvgIpc) is 2.39. The number of rotatable bonds is 6. The normalized spacial score (nSPS) is 11.2. The Hall–Kier alpha value is -0.990. The second-order valence-corrected chi connectivity index (χ2v) is 5.21. The lowest BCUT2D eigenvalue weighted by atomic mass is 10.0. The van der Waals surface area contributed by atoms with E-state index in [-0.39, 0.29) is 5.91 Å². The lowest BCUT2D eigenvalue weighted by Gasteiger charge is -2.11. The lowest BCUT2D eigenvalue weighted by Crippen LogP contribution is -2.27. The summed E-state index contributed by atoms with van der Waals surface area (Å²) >= 11 is 12.0. The summed E-state index contributed by atoms with van der Waals surface area (Å²) < 4.78 is 0. The van der Waals surface area contributed by atoms with Crippen LogP contribution in [-0.4, -0.2) is 12.5 Å². The maximum atomic E-state index is 11.7. The molecule has 0 saturated carbocycles. The molecule has 1 amide bonds. The molecule has 2 nitrogen and oxygen atoms in total. The molecule has 1 aromatic rings. The monoisotopic (exact) mass is 299 g/mol. The molecule has 104 valence electrons. The molecular weight excluding hydrogens is 281 g/mol. The molecule has 0 atom stereocenters. The van der Waals surface area contributed by atoms with E-state index in [1.807, 2.05) is 0 Å². The van der Waals surface area contributed by atoms with Gasteiger partial charge in [-0.1, -0.05) is 56.0 Å². The van der Waals surface area contributed by atoms with Crippen molar-refractivity contribution in [1.82, 2.24) is 5.32 Å². The van der Waals surface area contributed by atoms with Crippen LogP contribution in [0.3, 0.4) is 0 Å². The van der Waals surface area contributed by atoms with E-state index in [1.165, 1.54) is 6.08 Å². The van der Waals surface area contributed by atoms with Crippen molar-refractivity contribution >= 4 is 35.2 Å². The molecule has 0 bridgehead atoms. The first kappa shape index (κ1) is 16.1. The Morgan fingerprint density at radius 1 is 1.26 bits per heavy atom. The third-order valence-electron chi connectivity index (χ3n) is 3.12. The third kappa shape index (κ3) is 5.25. The van der Waals surface area contributed by atoms with Crippen molar-refractivity contribution in [3.8, 4) is 0 Å². The van der Waals surface area contributed by atoms with Crippen LogP contribution >= 0.6 is 23.2 Å². The first-order valence-corrected chi connectivity index (χ1v) is 7.24. The maximum absolute atomic E-state index is 11.7. The van der Waals surface area contributed by atoms with Crippen LogP contribution in [0, 0.1) is 5.92 Å². The summed E-state index contributed by atoms with van der Waals surface area (Å²) in [5.74, 6) is 0.407. The number of carbonyl (C=O) groups excluding carboxylic acids is 1. The molecule has 0 unspecified atom stereocenters. The Morgan fingerprint density at radius 2 is 1.84 bits per heavy atom. The highest BCUT2D eigenvalue weighted by molar-refractivity contribution is 6.37. The van der Waals surface area contributed by atoms with E-state index in [0.717, 1.165) is 12.8 Å². The molecule has 0 heterocycles. The molecule has 0 aliphatic rings. The first-order valence-electron chi connectivity index (χ1n) is 6.48. The van der Waals surface area contributed by atoms with Gasteiger partial charge >= 0.3 is 0 Å². The van der Waals surface area contributed by atoms with Crippen molar-refractivity contribution in [1.29, 1.82) is 0 Å². The van der Waals surface area contributed by atoms with Crippen LogP contribution in [0.5, 0.6) is 0 Å². The smallest absolute Gasteiger partial charge is 0.244 e. The Kier molecular flexibility index (Phi) is 6.96.